The molecule has 0 unspecified atom stereocenters. The van der Waals surface area contributed by atoms with E-state index in [4.69, 9.17) is 4.42 Å². The lowest BCUT2D eigenvalue weighted by Gasteiger charge is -2.22. The van der Waals surface area contributed by atoms with Crippen molar-refractivity contribution in [3.05, 3.63) is 70.6 Å². The monoisotopic (exact) mass is 472 g/mol. The van der Waals surface area contributed by atoms with E-state index in [-0.39, 0.29) is 29.9 Å². The van der Waals surface area contributed by atoms with E-state index < -0.39 is 11.5 Å². The van der Waals surface area contributed by atoms with Gasteiger partial charge in [0.05, 0.1) is 5.69 Å². The molecule has 5 rings (SSSR count). The molecular weight excluding hydrogens is 448 g/mol. The number of para-hydroxylation sites is 2. The van der Waals surface area contributed by atoms with Crippen LogP contribution in [0.25, 0.3) is 22.4 Å². The van der Waals surface area contributed by atoms with Crippen molar-refractivity contribution in [3.8, 4) is 11.4 Å². The first-order valence-corrected chi connectivity index (χ1v) is 11.6. The molecule has 0 spiro atoms. The van der Waals surface area contributed by atoms with Crippen molar-refractivity contribution in [2.24, 2.45) is 0 Å². The van der Waals surface area contributed by atoms with Gasteiger partial charge in [0.1, 0.15) is 17.7 Å². The first-order valence-electron chi connectivity index (χ1n) is 11.6. The van der Waals surface area contributed by atoms with Gasteiger partial charge in [0.25, 0.3) is 5.91 Å². The van der Waals surface area contributed by atoms with E-state index >= 15 is 0 Å². The van der Waals surface area contributed by atoms with E-state index in [2.05, 4.69) is 26.0 Å². The third-order valence-electron chi connectivity index (χ3n) is 6.01. The van der Waals surface area contributed by atoms with Gasteiger partial charge in [-0.2, -0.15) is 4.80 Å². The second-order valence-electron chi connectivity index (χ2n) is 8.53. The SMILES string of the molecule is O=C(Cn1nnc(-c2ccccc2NC(=O)c2cc3ccccc3oc2=O)n1)NC1CCCCC1. The number of carbonyl (C=O) groups excluding carboxylic acids is 2. The van der Waals surface area contributed by atoms with Crippen LogP contribution in [0.2, 0.25) is 0 Å². The molecule has 2 N–H and O–H groups in total. The Morgan fingerprint density at radius 3 is 2.66 bits per heavy atom. The maximum atomic E-state index is 12.9. The highest BCUT2D eigenvalue weighted by Crippen LogP contribution is 2.25. The average Bonchev–Trinajstić information content (AvgIpc) is 3.32. The lowest BCUT2D eigenvalue weighted by molar-refractivity contribution is -0.123. The van der Waals surface area contributed by atoms with Gasteiger partial charge < -0.3 is 15.1 Å². The Kier molecular flexibility index (Phi) is 6.34. The van der Waals surface area contributed by atoms with E-state index in [0.717, 1.165) is 25.7 Å². The molecule has 0 bridgehead atoms. The molecule has 2 amide bonds. The lowest BCUT2D eigenvalue weighted by Crippen LogP contribution is -2.38. The van der Waals surface area contributed by atoms with Crippen LogP contribution in [0.15, 0.2) is 63.8 Å². The fourth-order valence-corrected chi connectivity index (χ4v) is 4.26. The van der Waals surface area contributed by atoms with Crippen molar-refractivity contribution in [1.82, 2.24) is 25.5 Å². The van der Waals surface area contributed by atoms with Crippen LogP contribution in [0.4, 0.5) is 5.69 Å². The largest absolute Gasteiger partial charge is 0.422 e. The third kappa shape index (κ3) is 5.11. The second-order valence-corrected chi connectivity index (χ2v) is 8.53. The van der Waals surface area contributed by atoms with E-state index in [1.807, 2.05) is 0 Å². The molecule has 35 heavy (non-hydrogen) atoms. The summed E-state index contributed by atoms with van der Waals surface area (Å²) in [6, 6.07) is 15.6. The van der Waals surface area contributed by atoms with Crippen LogP contribution >= 0.6 is 0 Å². The van der Waals surface area contributed by atoms with Gasteiger partial charge in [0.2, 0.25) is 11.7 Å². The number of fused-ring (bicyclic) bond motifs is 1. The fraction of sp³-hybridized carbons (Fsp3) is 0.280. The summed E-state index contributed by atoms with van der Waals surface area (Å²) in [5.74, 6) is -0.529. The van der Waals surface area contributed by atoms with Crippen LogP contribution < -0.4 is 16.3 Å². The van der Waals surface area contributed by atoms with Gasteiger partial charge in [0.15, 0.2) is 0 Å². The zero-order chi connectivity index (χ0) is 24.2. The molecule has 2 aromatic heterocycles. The normalized spacial score (nSPS) is 14.1. The number of carbonyl (C=O) groups is 2. The van der Waals surface area contributed by atoms with Crippen molar-refractivity contribution in [3.63, 3.8) is 0 Å². The Balaban J connectivity index is 1.32. The minimum Gasteiger partial charge on any atom is -0.422 e. The smallest absolute Gasteiger partial charge is 0.349 e. The predicted octanol–water partition coefficient (Wildman–Crippen LogP) is 3.15. The summed E-state index contributed by atoms with van der Waals surface area (Å²) in [6.45, 7) is -0.0455. The molecule has 1 aliphatic rings. The molecular formula is C25H24N6O4. The molecule has 2 heterocycles. The topological polar surface area (TPSA) is 132 Å². The standard InChI is InChI=1S/C25H24N6O4/c32-22(26-17-9-2-1-3-10-17)15-31-29-23(28-30-31)18-11-5-6-12-20(18)27-24(33)19-14-16-8-4-7-13-21(16)35-25(19)34/h4-8,11-14,17H,1-3,9-10,15H2,(H,26,32)(H,27,33). The molecule has 10 heteroatoms. The van der Waals surface area contributed by atoms with E-state index in [0.29, 0.717) is 22.2 Å². The van der Waals surface area contributed by atoms with Gasteiger partial charge in [-0.25, -0.2) is 4.79 Å². The quantitative estimate of drug-likeness (QED) is 0.412. The van der Waals surface area contributed by atoms with Gasteiger partial charge in [-0.15, -0.1) is 10.2 Å². The van der Waals surface area contributed by atoms with Crippen molar-refractivity contribution in [2.45, 2.75) is 44.7 Å². The van der Waals surface area contributed by atoms with Gasteiger partial charge in [-0.1, -0.05) is 49.6 Å². The number of nitrogens with zero attached hydrogens (tertiary/aromatic N) is 4. The number of anilines is 1. The summed E-state index contributed by atoms with van der Waals surface area (Å²) in [5.41, 5.74) is 0.463. The highest BCUT2D eigenvalue weighted by molar-refractivity contribution is 6.07. The fourth-order valence-electron chi connectivity index (χ4n) is 4.26. The minimum absolute atomic E-state index is 0.0455. The average molecular weight is 473 g/mol. The van der Waals surface area contributed by atoms with Crippen molar-refractivity contribution in [2.75, 3.05) is 5.32 Å². The number of tetrazole rings is 1. The zero-order valence-corrected chi connectivity index (χ0v) is 18.9. The van der Waals surface area contributed by atoms with E-state index in [9.17, 15) is 14.4 Å². The molecule has 2 aromatic carbocycles. The maximum Gasteiger partial charge on any atom is 0.349 e. The van der Waals surface area contributed by atoms with Crippen molar-refractivity contribution < 1.29 is 14.0 Å². The van der Waals surface area contributed by atoms with Gasteiger partial charge in [-0.3, -0.25) is 9.59 Å². The van der Waals surface area contributed by atoms with E-state index in [1.165, 1.54) is 17.3 Å². The Morgan fingerprint density at radius 1 is 1.03 bits per heavy atom. The molecule has 0 saturated heterocycles. The summed E-state index contributed by atoms with van der Waals surface area (Å²) < 4.78 is 5.27. The zero-order valence-electron chi connectivity index (χ0n) is 18.9. The maximum absolute atomic E-state index is 12.9. The molecule has 0 radical (unpaired) electrons. The van der Waals surface area contributed by atoms with Crippen LogP contribution in [-0.2, 0) is 11.3 Å². The molecule has 178 valence electrons. The minimum atomic E-state index is -0.730. The molecule has 0 aliphatic heterocycles. The number of hydrogen-bond donors (Lipinski definition) is 2. The number of nitrogens with one attached hydrogen (secondary N) is 2. The summed E-state index contributed by atoms with van der Waals surface area (Å²) >= 11 is 0. The molecule has 1 fully saturated rings. The van der Waals surface area contributed by atoms with Crippen molar-refractivity contribution >= 4 is 28.5 Å². The number of benzene rings is 2. The Labute approximate surface area is 200 Å². The molecule has 10 nitrogen and oxygen atoms in total. The van der Waals surface area contributed by atoms with Crippen molar-refractivity contribution in [1.29, 1.82) is 0 Å². The summed E-state index contributed by atoms with van der Waals surface area (Å²) in [6.07, 6.45) is 5.44. The number of aromatic nitrogens is 4. The highest BCUT2D eigenvalue weighted by Gasteiger charge is 2.19. The van der Waals surface area contributed by atoms with Crippen LogP contribution in [0.5, 0.6) is 0 Å². The first kappa shape index (κ1) is 22.5. The molecule has 4 aromatic rings. The van der Waals surface area contributed by atoms with E-state index in [1.54, 1.807) is 48.5 Å². The Bertz CT molecular complexity index is 1440. The number of hydrogen-bond acceptors (Lipinski definition) is 7. The van der Waals surface area contributed by atoms with Crippen LogP contribution in [-0.4, -0.2) is 38.1 Å². The van der Waals surface area contributed by atoms with Crippen LogP contribution in [0.3, 0.4) is 0 Å². The van der Waals surface area contributed by atoms with Gasteiger partial charge >= 0.3 is 5.63 Å². The molecule has 1 aliphatic carbocycles. The highest BCUT2D eigenvalue weighted by atomic mass is 16.4. The summed E-state index contributed by atoms with van der Waals surface area (Å²) in [4.78, 5) is 38.9. The Hall–Kier alpha value is -4.34. The molecule has 0 atom stereocenters. The summed E-state index contributed by atoms with van der Waals surface area (Å²) in [7, 11) is 0. The third-order valence-corrected chi connectivity index (χ3v) is 6.01. The second kappa shape index (κ2) is 9.88. The van der Waals surface area contributed by atoms with Gasteiger partial charge in [0, 0.05) is 17.0 Å². The number of rotatable bonds is 6. The Morgan fingerprint density at radius 2 is 1.80 bits per heavy atom. The van der Waals surface area contributed by atoms with Crippen LogP contribution in [0.1, 0.15) is 42.5 Å². The first-order chi connectivity index (χ1) is 17.1. The number of amides is 2. The van der Waals surface area contributed by atoms with Crippen LogP contribution in [0, 0.1) is 0 Å². The predicted molar refractivity (Wildman–Crippen MR) is 129 cm³/mol. The summed E-state index contributed by atoms with van der Waals surface area (Å²) in [5, 5.41) is 18.8. The lowest BCUT2D eigenvalue weighted by atomic mass is 9.95. The van der Waals surface area contributed by atoms with Gasteiger partial charge in [-0.05, 0) is 42.3 Å². The molecule has 1 saturated carbocycles.